The van der Waals surface area contributed by atoms with Gasteiger partial charge in [0.1, 0.15) is 16.9 Å². The zero-order chi connectivity index (χ0) is 19.5. The van der Waals surface area contributed by atoms with Crippen LogP contribution in [-0.4, -0.2) is 27.0 Å². The summed E-state index contributed by atoms with van der Waals surface area (Å²) in [6.07, 6.45) is 2.34. The van der Waals surface area contributed by atoms with Crippen molar-refractivity contribution in [3.63, 3.8) is 0 Å². The van der Waals surface area contributed by atoms with Crippen molar-refractivity contribution in [1.29, 1.82) is 0 Å². The van der Waals surface area contributed by atoms with E-state index in [1.54, 1.807) is 6.07 Å². The molecule has 2 N–H and O–H groups in total. The number of aromatic nitrogens is 3. The summed E-state index contributed by atoms with van der Waals surface area (Å²) in [5.41, 5.74) is 2.27. The lowest BCUT2D eigenvalue weighted by atomic mass is 10.1. The molecule has 7 heteroatoms. The fourth-order valence-corrected chi connectivity index (χ4v) is 3.22. The Kier molecular flexibility index (Phi) is 4.89. The van der Waals surface area contributed by atoms with Gasteiger partial charge in [-0.15, -0.1) is 0 Å². The molecule has 0 atom stereocenters. The molecular formula is C21H19FN4O2. The van der Waals surface area contributed by atoms with E-state index in [-0.39, 0.29) is 30.2 Å². The van der Waals surface area contributed by atoms with Crippen molar-refractivity contribution in [1.82, 2.24) is 19.9 Å². The van der Waals surface area contributed by atoms with Crippen molar-refractivity contribution in [2.45, 2.75) is 19.4 Å². The predicted molar refractivity (Wildman–Crippen MR) is 106 cm³/mol. The Morgan fingerprint density at radius 2 is 2.00 bits per heavy atom. The fraction of sp³-hybridized carbons (Fsp3) is 0.190. The highest BCUT2D eigenvalue weighted by Gasteiger charge is 2.12. The summed E-state index contributed by atoms with van der Waals surface area (Å²) in [5, 5.41) is 3.43. The van der Waals surface area contributed by atoms with Gasteiger partial charge in [0.05, 0.1) is 6.33 Å². The normalized spacial score (nSPS) is 11.2. The molecule has 6 nitrogen and oxygen atoms in total. The molecule has 0 bridgehead atoms. The van der Waals surface area contributed by atoms with Crippen molar-refractivity contribution in [3.8, 4) is 0 Å². The molecule has 0 fully saturated rings. The molecule has 4 aromatic rings. The number of hydrogen-bond donors (Lipinski definition) is 2. The van der Waals surface area contributed by atoms with Crippen molar-refractivity contribution >= 4 is 27.8 Å². The Hall–Kier alpha value is -3.48. The monoisotopic (exact) mass is 378 g/mol. The van der Waals surface area contributed by atoms with E-state index < -0.39 is 0 Å². The second-order valence-electron chi connectivity index (χ2n) is 6.62. The van der Waals surface area contributed by atoms with Gasteiger partial charge in [0.2, 0.25) is 5.91 Å². The van der Waals surface area contributed by atoms with Crippen LogP contribution in [0.2, 0.25) is 0 Å². The average molecular weight is 378 g/mol. The molecule has 1 amide bonds. The van der Waals surface area contributed by atoms with E-state index in [2.05, 4.69) is 15.3 Å². The van der Waals surface area contributed by atoms with Crippen molar-refractivity contribution in [2.75, 3.05) is 6.54 Å². The van der Waals surface area contributed by atoms with Gasteiger partial charge in [-0.3, -0.25) is 14.2 Å². The molecule has 4 rings (SSSR count). The third kappa shape index (κ3) is 3.64. The maximum Gasteiger partial charge on any atom is 0.277 e. The van der Waals surface area contributed by atoms with Gasteiger partial charge >= 0.3 is 0 Å². The molecule has 0 spiro atoms. The topological polar surface area (TPSA) is 79.8 Å². The van der Waals surface area contributed by atoms with Gasteiger partial charge in [-0.1, -0.05) is 30.3 Å². The van der Waals surface area contributed by atoms with Crippen LogP contribution in [-0.2, 0) is 17.8 Å². The van der Waals surface area contributed by atoms with Gasteiger partial charge in [-0.25, -0.2) is 9.37 Å². The highest BCUT2D eigenvalue weighted by atomic mass is 19.1. The van der Waals surface area contributed by atoms with Crippen LogP contribution >= 0.6 is 0 Å². The summed E-state index contributed by atoms with van der Waals surface area (Å²) in [7, 11) is 0. The molecule has 0 aliphatic rings. The van der Waals surface area contributed by atoms with Gasteiger partial charge in [-0.2, -0.15) is 0 Å². The number of benzene rings is 2. The number of hydrogen-bond acceptors (Lipinski definition) is 3. The summed E-state index contributed by atoms with van der Waals surface area (Å²) in [4.78, 5) is 32.0. The molecule has 0 unspecified atom stereocenters. The molecular weight excluding hydrogens is 359 g/mol. The lowest BCUT2D eigenvalue weighted by Crippen LogP contribution is -2.29. The van der Waals surface area contributed by atoms with Gasteiger partial charge in [-0.05, 0) is 30.2 Å². The second-order valence-corrected chi connectivity index (χ2v) is 6.62. The predicted octanol–water partition coefficient (Wildman–Crippen LogP) is 2.77. The first kappa shape index (κ1) is 17.9. The Labute approximate surface area is 160 Å². The Morgan fingerprint density at radius 1 is 1.18 bits per heavy atom. The second kappa shape index (κ2) is 7.64. The lowest BCUT2D eigenvalue weighted by molar-refractivity contribution is -0.121. The van der Waals surface area contributed by atoms with E-state index in [0.29, 0.717) is 28.5 Å². The average Bonchev–Trinajstić information content (AvgIpc) is 3.07. The number of carbonyl (C=O) groups is 1. The van der Waals surface area contributed by atoms with Crippen LogP contribution in [0, 0.1) is 5.82 Å². The molecule has 0 aliphatic heterocycles. The molecule has 0 radical (unpaired) electrons. The summed E-state index contributed by atoms with van der Waals surface area (Å²) in [5.74, 6) is -0.506. The lowest BCUT2D eigenvalue weighted by Gasteiger charge is -2.07. The minimum atomic E-state index is -0.383. The highest BCUT2D eigenvalue weighted by molar-refractivity contribution is 6.04. The van der Waals surface area contributed by atoms with Crippen LogP contribution in [0.1, 0.15) is 12.0 Å². The number of aryl methyl sites for hydroxylation is 1. The quantitative estimate of drug-likeness (QED) is 0.541. The molecule has 2 aromatic heterocycles. The van der Waals surface area contributed by atoms with E-state index in [1.807, 2.05) is 30.3 Å². The summed E-state index contributed by atoms with van der Waals surface area (Å²) < 4.78 is 14.9. The van der Waals surface area contributed by atoms with Crippen molar-refractivity contribution < 1.29 is 9.18 Å². The molecule has 0 aliphatic carbocycles. The first-order valence-electron chi connectivity index (χ1n) is 9.09. The first-order valence-corrected chi connectivity index (χ1v) is 9.09. The van der Waals surface area contributed by atoms with E-state index in [1.165, 1.54) is 23.0 Å². The maximum atomic E-state index is 13.5. The zero-order valence-corrected chi connectivity index (χ0v) is 15.1. The van der Waals surface area contributed by atoms with E-state index in [9.17, 15) is 14.0 Å². The standard InChI is InChI=1S/C21H19FN4O2/c22-15-6-7-17-16(12-15)19-20(25-17)21(28)26(13-24-19)11-9-18(27)23-10-8-14-4-2-1-3-5-14/h1-7,12-13,25H,8-11H2,(H,23,27). The van der Waals surface area contributed by atoms with Crippen LogP contribution in [0.25, 0.3) is 21.9 Å². The fourth-order valence-electron chi connectivity index (χ4n) is 3.22. The number of nitrogens with one attached hydrogen (secondary N) is 2. The highest BCUT2D eigenvalue weighted by Crippen LogP contribution is 2.22. The van der Waals surface area contributed by atoms with Crippen LogP contribution < -0.4 is 10.9 Å². The van der Waals surface area contributed by atoms with E-state index in [0.717, 1.165) is 12.0 Å². The number of fused-ring (bicyclic) bond motifs is 3. The first-order chi connectivity index (χ1) is 13.6. The van der Waals surface area contributed by atoms with Gasteiger partial charge < -0.3 is 10.3 Å². The largest absolute Gasteiger partial charge is 0.356 e. The van der Waals surface area contributed by atoms with Gasteiger partial charge in [0.15, 0.2) is 0 Å². The summed E-state index contributed by atoms with van der Waals surface area (Å²) in [6.45, 7) is 0.769. The Balaban J connectivity index is 1.42. The molecule has 2 heterocycles. The molecule has 0 saturated heterocycles. The van der Waals surface area contributed by atoms with Crippen LogP contribution in [0.4, 0.5) is 4.39 Å². The minimum absolute atomic E-state index is 0.123. The molecule has 0 saturated carbocycles. The Morgan fingerprint density at radius 3 is 2.82 bits per heavy atom. The van der Waals surface area contributed by atoms with Crippen molar-refractivity contribution in [2.24, 2.45) is 0 Å². The van der Waals surface area contributed by atoms with Crippen LogP contribution in [0.5, 0.6) is 0 Å². The number of rotatable bonds is 6. The third-order valence-electron chi connectivity index (χ3n) is 4.69. The summed E-state index contributed by atoms with van der Waals surface area (Å²) >= 11 is 0. The number of aromatic amines is 1. The molecule has 142 valence electrons. The SMILES string of the molecule is O=C(CCn1cnc2c([nH]c3ccc(F)cc32)c1=O)NCCc1ccccc1. The maximum absolute atomic E-state index is 13.5. The zero-order valence-electron chi connectivity index (χ0n) is 15.1. The van der Waals surface area contributed by atoms with Crippen molar-refractivity contribution in [3.05, 3.63) is 76.6 Å². The van der Waals surface area contributed by atoms with E-state index in [4.69, 9.17) is 0 Å². The number of halogens is 1. The number of amides is 1. The third-order valence-corrected chi connectivity index (χ3v) is 4.69. The van der Waals surface area contributed by atoms with Gasteiger partial charge in [0, 0.05) is 30.4 Å². The Bertz CT molecular complexity index is 1200. The number of H-pyrrole nitrogens is 1. The van der Waals surface area contributed by atoms with Crippen LogP contribution in [0.15, 0.2) is 59.7 Å². The summed E-state index contributed by atoms with van der Waals surface area (Å²) in [6, 6.07) is 14.2. The smallest absolute Gasteiger partial charge is 0.277 e. The minimum Gasteiger partial charge on any atom is -0.356 e. The molecule has 2 aromatic carbocycles. The van der Waals surface area contributed by atoms with Crippen LogP contribution in [0.3, 0.4) is 0 Å². The number of nitrogens with zero attached hydrogens (tertiary/aromatic N) is 2. The van der Waals surface area contributed by atoms with E-state index >= 15 is 0 Å². The number of carbonyl (C=O) groups excluding carboxylic acids is 1. The van der Waals surface area contributed by atoms with Gasteiger partial charge in [0.25, 0.3) is 5.56 Å². The molecule has 28 heavy (non-hydrogen) atoms.